The maximum Gasteiger partial charge on any atom is 0.243 e. The van der Waals surface area contributed by atoms with Crippen molar-refractivity contribution in [3.8, 4) is 0 Å². The molecule has 0 radical (unpaired) electrons. The molecule has 108 valence electrons. The van der Waals surface area contributed by atoms with E-state index in [-0.39, 0.29) is 6.04 Å². The minimum Gasteiger partial charge on any atom is -0.338 e. The second-order valence-corrected chi connectivity index (χ2v) is 5.81. The molecule has 2 rings (SSSR count). The van der Waals surface area contributed by atoms with Gasteiger partial charge in [-0.3, -0.25) is 4.90 Å². The molecule has 0 spiro atoms. The lowest BCUT2D eigenvalue weighted by atomic mass is 10.1. The van der Waals surface area contributed by atoms with Crippen molar-refractivity contribution >= 4 is 0 Å². The van der Waals surface area contributed by atoms with Crippen molar-refractivity contribution in [3.05, 3.63) is 11.7 Å². The largest absolute Gasteiger partial charge is 0.338 e. The van der Waals surface area contributed by atoms with Crippen LogP contribution >= 0.6 is 0 Å². The van der Waals surface area contributed by atoms with Gasteiger partial charge in [-0.2, -0.15) is 4.98 Å². The summed E-state index contributed by atoms with van der Waals surface area (Å²) in [6, 6.07) is 0.231. The van der Waals surface area contributed by atoms with Crippen LogP contribution < -0.4 is 0 Å². The number of piperazine rings is 1. The molecule has 0 amide bonds. The standard InChI is InChI=1S/C14H26N4O/c1-5-13-15-14(19-16-13)12(4)18-8-6-17(7-9-18)10-11(2)3/h11-12H,5-10H2,1-4H3/t12-/m1/s1. The van der Waals surface area contributed by atoms with Crippen molar-refractivity contribution in [2.45, 2.75) is 40.2 Å². The minimum atomic E-state index is 0.231. The molecule has 0 bridgehead atoms. The fourth-order valence-electron chi connectivity index (χ4n) is 2.59. The zero-order valence-corrected chi connectivity index (χ0v) is 12.6. The van der Waals surface area contributed by atoms with Crippen LogP contribution in [-0.4, -0.2) is 52.7 Å². The molecule has 0 unspecified atom stereocenters. The Kier molecular flexibility index (Phi) is 4.93. The first kappa shape index (κ1) is 14.5. The molecule has 1 saturated heterocycles. The molecule has 1 fully saturated rings. The summed E-state index contributed by atoms with van der Waals surface area (Å²) in [5, 5.41) is 3.98. The number of nitrogens with zero attached hydrogens (tertiary/aromatic N) is 4. The molecule has 0 saturated carbocycles. The van der Waals surface area contributed by atoms with Crippen LogP contribution in [0.15, 0.2) is 4.52 Å². The van der Waals surface area contributed by atoms with E-state index in [0.29, 0.717) is 0 Å². The second kappa shape index (κ2) is 6.48. The maximum atomic E-state index is 5.35. The minimum absolute atomic E-state index is 0.231. The second-order valence-electron chi connectivity index (χ2n) is 5.81. The Hall–Kier alpha value is -0.940. The van der Waals surface area contributed by atoms with Crippen molar-refractivity contribution in [1.82, 2.24) is 19.9 Å². The summed E-state index contributed by atoms with van der Waals surface area (Å²) in [7, 11) is 0. The Labute approximate surface area is 116 Å². The molecule has 1 atom stereocenters. The average molecular weight is 266 g/mol. The van der Waals surface area contributed by atoms with Crippen molar-refractivity contribution in [1.29, 1.82) is 0 Å². The van der Waals surface area contributed by atoms with Gasteiger partial charge in [0, 0.05) is 39.1 Å². The van der Waals surface area contributed by atoms with E-state index in [2.05, 4.69) is 40.7 Å². The van der Waals surface area contributed by atoms with Gasteiger partial charge in [0.1, 0.15) is 0 Å². The molecule has 0 N–H and O–H groups in total. The first-order valence-corrected chi connectivity index (χ1v) is 7.39. The fourth-order valence-corrected chi connectivity index (χ4v) is 2.59. The van der Waals surface area contributed by atoms with Gasteiger partial charge in [0.05, 0.1) is 6.04 Å². The monoisotopic (exact) mass is 266 g/mol. The summed E-state index contributed by atoms with van der Waals surface area (Å²) < 4.78 is 5.35. The predicted octanol–water partition coefficient (Wildman–Crippen LogP) is 1.97. The van der Waals surface area contributed by atoms with E-state index in [1.54, 1.807) is 0 Å². The molecule has 5 nitrogen and oxygen atoms in total. The molecule has 1 aromatic rings. The van der Waals surface area contributed by atoms with Crippen LogP contribution in [0.5, 0.6) is 0 Å². The number of aryl methyl sites for hydroxylation is 1. The van der Waals surface area contributed by atoms with E-state index < -0.39 is 0 Å². The van der Waals surface area contributed by atoms with Gasteiger partial charge in [0.2, 0.25) is 5.89 Å². The summed E-state index contributed by atoms with van der Waals surface area (Å²) in [4.78, 5) is 9.41. The molecule has 5 heteroatoms. The smallest absolute Gasteiger partial charge is 0.243 e. The highest BCUT2D eigenvalue weighted by Gasteiger charge is 2.25. The van der Waals surface area contributed by atoms with Crippen molar-refractivity contribution in [2.24, 2.45) is 5.92 Å². The summed E-state index contributed by atoms with van der Waals surface area (Å²) in [6.07, 6.45) is 0.832. The number of hydrogen-bond donors (Lipinski definition) is 0. The van der Waals surface area contributed by atoms with Crippen molar-refractivity contribution < 1.29 is 4.52 Å². The van der Waals surface area contributed by atoms with E-state index in [1.165, 1.54) is 6.54 Å². The SMILES string of the molecule is CCc1noc([C@@H](C)N2CCN(CC(C)C)CC2)n1. The van der Waals surface area contributed by atoms with E-state index in [4.69, 9.17) is 4.52 Å². The predicted molar refractivity (Wildman–Crippen MR) is 74.9 cm³/mol. The van der Waals surface area contributed by atoms with Crippen LogP contribution in [0, 0.1) is 5.92 Å². The topological polar surface area (TPSA) is 45.4 Å². The van der Waals surface area contributed by atoms with E-state index >= 15 is 0 Å². The summed E-state index contributed by atoms with van der Waals surface area (Å²) in [5.74, 6) is 2.31. The quantitative estimate of drug-likeness (QED) is 0.815. The lowest BCUT2D eigenvalue weighted by molar-refractivity contribution is 0.0821. The number of aromatic nitrogens is 2. The van der Waals surface area contributed by atoms with Gasteiger partial charge in [-0.1, -0.05) is 25.9 Å². The summed E-state index contributed by atoms with van der Waals surface area (Å²) in [6.45, 7) is 14.4. The Bertz CT molecular complexity index is 383. The molecule has 2 heterocycles. The Morgan fingerprint density at radius 1 is 1.16 bits per heavy atom. The van der Waals surface area contributed by atoms with E-state index in [9.17, 15) is 0 Å². The summed E-state index contributed by atoms with van der Waals surface area (Å²) >= 11 is 0. The van der Waals surface area contributed by atoms with Crippen molar-refractivity contribution in [2.75, 3.05) is 32.7 Å². The van der Waals surface area contributed by atoms with Crippen LogP contribution in [0.1, 0.15) is 45.5 Å². The summed E-state index contributed by atoms with van der Waals surface area (Å²) in [5.41, 5.74) is 0. The van der Waals surface area contributed by atoms with Gasteiger partial charge in [0.25, 0.3) is 0 Å². The zero-order chi connectivity index (χ0) is 13.8. The van der Waals surface area contributed by atoms with E-state index in [0.717, 1.165) is 50.2 Å². The maximum absolute atomic E-state index is 5.35. The Morgan fingerprint density at radius 3 is 2.37 bits per heavy atom. The molecular formula is C14H26N4O. The molecular weight excluding hydrogens is 240 g/mol. The molecule has 1 aliphatic heterocycles. The van der Waals surface area contributed by atoms with Crippen LogP contribution in [0.3, 0.4) is 0 Å². The van der Waals surface area contributed by atoms with E-state index in [1.807, 2.05) is 6.92 Å². The lowest BCUT2D eigenvalue weighted by Gasteiger charge is -2.37. The third kappa shape index (κ3) is 3.76. The molecule has 0 aliphatic carbocycles. The normalized spacial score (nSPS) is 20.1. The highest BCUT2D eigenvalue weighted by Crippen LogP contribution is 2.20. The van der Waals surface area contributed by atoms with Gasteiger partial charge >= 0.3 is 0 Å². The Balaban J connectivity index is 1.86. The van der Waals surface area contributed by atoms with Crippen LogP contribution in [0.4, 0.5) is 0 Å². The van der Waals surface area contributed by atoms with Crippen LogP contribution in [-0.2, 0) is 6.42 Å². The first-order valence-electron chi connectivity index (χ1n) is 7.39. The van der Waals surface area contributed by atoms with Crippen molar-refractivity contribution in [3.63, 3.8) is 0 Å². The molecule has 0 aromatic carbocycles. The zero-order valence-electron chi connectivity index (χ0n) is 12.6. The van der Waals surface area contributed by atoms with Gasteiger partial charge in [0.15, 0.2) is 5.82 Å². The van der Waals surface area contributed by atoms with Gasteiger partial charge in [-0.15, -0.1) is 0 Å². The third-order valence-electron chi connectivity index (χ3n) is 3.74. The van der Waals surface area contributed by atoms with Gasteiger partial charge < -0.3 is 9.42 Å². The van der Waals surface area contributed by atoms with Crippen LogP contribution in [0.2, 0.25) is 0 Å². The molecule has 1 aromatic heterocycles. The number of rotatable bonds is 5. The molecule has 19 heavy (non-hydrogen) atoms. The van der Waals surface area contributed by atoms with Gasteiger partial charge in [-0.25, -0.2) is 0 Å². The first-order chi connectivity index (χ1) is 9.10. The lowest BCUT2D eigenvalue weighted by Crippen LogP contribution is -2.48. The average Bonchev–Trinajstić information content (AvgIpc) is 2.87. The van der Waals surface area contributed by atoms with Crippen LogP contribution in [0.25, 0.3) is 0 Å². The molecule has 1 aliphatic rings. The fraction of sp³-hybridized carbons (Fsp3) is 0.857. The Morgan fingerprint density at radius 2 is 1.84 bits per heavy atom. The third-order valence-corrected chi connectivity index (χ3v) is 3.74. The highest BCUT2D eigenvalue weighted by atomic mass is 16.5. The van der Waals surface area contributed by atoms with Gasteiger partial charge in [-0.05, 0) is 12.8 Å². The number of hydrogen-bond acceptors (Lipinski definition) is 5. The highest BCUT2D eigenvalue weighted by molar-refractivity contribution is 4.93.